The van der Waals surface area contributed by atoms with Crippen LogP contribution in [0.4, 0.5) is 5.69 Å². The van der Waals surface area contributed by atoms with Gasteiger partial charge in [-0.3, -0.25) is 4.79 Å². The minimum absolute atomic E-state index is 0.0180. The topological polar surface area (TPSA) is 55.1 Å². The first-order valence-corrected chi connectivity index (χ1v) is 5.78. The van der Waals surface area contributed by atoms with Gasteiger partial charge in [-0.2, -0.15) is 0 Å². The summed E-state index contributed by atoms with van der Waals surface area (Å²) in [7, 11) is 0. The van der Waals surface area contributed by atoms with E-state index in [9.17, 15) is 4.79 Å². The number of nitrogens with two attached hydrogens (primary N) is 1. The first-order chi connectivity index (χ1) is 7.58. The number of rotatable bonds is 3. The van der Waals surface area contributed by atoms with E-state index in [-0.39, 0.29) is 5.91 Å². The molecular weight excluding hydrogens is 200 g/mol. The minimum Gasteiger partial charge on any atom is -0.398 e. The Balaban J connectivity index is 2.20. The van der Waals surface area contributed by atoms with Gasteiger partial charge in [0.05, 0.1) is 0 Å². The Bertz CT molecular complexity index is 408. The van der Waals surface area contributed by atoms with E-state index in [1.165, 1.54) is 0 Å². The van der Waals surface area contributed by atoms with Gasteiger partial charge < -0.3 is 11.1 Å². The first kappa shape index (κ1) is 11.0. The Kier molecular flexibility index (Phi) is 2.86. The summed E-state index contributed by atoms with van der Waals surface area (Å²) in [5, 5.41) is 2.98. The zero-order valence-corrected chi connectivity index (χ0v) is 9.79. The van der Waals surface area contributed by atoms with Gasteiger partial charge in [0.2, 0.25) is 0 Å². The molecule has 1 amide bonds. The van der Waals surface area contributed by atoms with Crippen LogP contribution in [-0.2, 0) is 0 Å². The van der Waals surface area contributed by atoms with Gasteiger partial charge in [0, 0.05) is 17.3 Å². The Morgan fingerprint density at radius 2 is 2.12 bits per heavy atom. The fourth-order valence-corrected chi connectivity index (χ4v) is 1.71. The Morgan fingerprint density at radius 1 is 1.44 bits per heavy atom. The van der Waals surface area contributed by atoms with Crippen molar-refractivity contribution in [1.29, 1.82) is 0 Å². The average molecular weight is 218 g/mol. The lowest BCUT2D eigenvalue weighted by Crippen LogP contribution is -2.25. The molecule has 1 saturated carbocycles. The molecule has 2 rings (SSSR count). The largest absolute Gasteiger partial charge is 0.398 e. The van der Waals surface area contributed by atoms with Gasteiger partial charge in [0.25, 0.3) is 5.91 Å². The van der Waals surface area contributed by atoms with Gasteiger partial charge in [-0.25, -0.2) is 0 Å². The van der Waals surface area contributed by atoms with Crippen molar-refractivity contribution in [3.63, 3.8) is 0 Å². The molecule has 0 saturated heterocycles. The molecule has 1 aliphatic carbocycles. The SMILES string of the molecule is CC(C)c1cc(C(=O)NC2CC2)ccc1N. The van der Waals surface area contributed by atoms with Gasteiger partial charge >= 0.3 is 0 Å². The number of anilines is 1. The summed E-state index contributed by atoms with van der Waals surface area (Å²) in [6.07, 6.45) is 2.22. The van der Waals surface area contributed by atoms with E-state index in [4.69, 9.17) is 5.73 Å². The van der Waals surface area contributed by atoms with Crippen LogP contribution in [0.3, 0.4) is 0 Å². The molecule has 0 unspecified atom stereocenters. The van der Waals surface area contributed by atoms with Crippen LogP contribution in [-0.4, -0.2) is 11.9 Å². The van der Waals surface area contributed by atoms with E-state index in [1.54, 1.807) is 6.07 Å². The van der Waals surface area contributed by atoms with Crippen molar-refractivity contribution in [1.82, 2.24) is 5.32 Å². The highest BCUT2D eigenvalue weighted by molar-refractivity contribution is 5.95. The zero-order valence-electron chi connectivity index (χ0n) is 9.79. The lowest BCUT2D eigenvalue weighted by atomic mass is 9.98. The molecule has 0 aromatic heterocycles. The summed E-state index contributed by atoms with van der Waals surface area (Å²) < 4.78 is 0. The summed E-state index contributed by atoms with van der Waals surface area (Å²) >= 11 is 0. The molecule has 1 fully saturated rings. The summed E-state index contributed by atoms with van der Waals surface area (Å²) in [4.78, 5) is 11.8. The van der Waals surface area contributed by atoms with Gasteiger partial charge in [-0.05, 0) is 42.5 Å². The maximum Gasteiger partial charge on any atom is 0.251 e. The molecule has 16 heavy (non-hydrogen) atoms. The molecule has 3 nitrogen and oxygen atoms in total. The fourth-order valence-electron chi connectivity index (χ4n) is 1.71. The predicted molar refractivity (Wildman–Crippen MR) is 65.4 cm³/mol. The Morgan fingerprint density at radius 3 is 2.69 bits per heavy atom. The van der Waals surface area contributed by atoms with E-state index >= 15 is 0 Å². The van der Waals surface area contributed by atoms with E-state index < -0.39 is 0 Å². The quantitative estimate of drug-likeness (QED) is 0.765. The number of amides is 1. The van der Waals surface area contributed by atoms with Crippen molar-refractivity contribution in [2.45, 2.75) is 38.6 Å². The van der Waals surface area contributed by atoms with Crippen LogP contribution < -0.4 is 11.1 Å². The molecule has 0 atom stereocenters. The van der Waals surface area contributed by atoms with Crippen LogP contribution in [0.1, 0.15) is 48.5 Å². The zero-order chi connectivity index (χ0) is 11.7. The van der Waals surface area contributed by atoms with Crippen LogP contribution >= 0.6 is 0 Å². The van der Waals surface area contributed by atoms with Crippen molar-refractivity contribution < 1.29 is 4.79 Å². The molecule has 1 aromatic carbocycles. The van der Waals surface area contributed by atoms with Crippen molar-refractivity contribution in [2.24, 2.45) is 0 Å². The van der Waals surface area contributed by atoms with Gasteiger partial charge in [0.15, 0.2) is 0 Å². The molecule has 1 aliphatic rings. The van der Waals surface area contributed by atoms with Gasteiger partial charge in [-0.15, -0.1) is 0 Å². The maximum absolute atomic E-state index is 11.8. The van der Waals surface area contributed by atoms with E-state index in [0.717, 1.165) is 24.1 Å². The van der Waals surface area contributed by atoms with Crippen molar-refractivity contribution >= 4 is 11.6 Å². The molecule has 0 aliphatic heterocycles. The summed E-state index contributed by atoms with van der Waals surface area (Å²) in [6.45, 7) is 4.16. The van der Waals surface area contributed by atoms with Crippen LogP contribution in [0.2, 0.25) is 0 Å². The van der Waals surface area contributed by atoms with Crippen LogP contribution in [0, 0.1) is 0 Å². The van der Waals surface area contributed by atoms with E-state index in [1.807, 2.05) is 12.1 Å². The molecule has 3 N–H and O–H groups in total. The lowest BCUT2D eigenvalue weighted by Gasteiger charge is -2.11. The molecule has 86 valence electrons. The number of nitrogen functional groups attached to an aromatic ring is 1. The number of benzene rings is 1. The number of hydrogen-bond donors (Lipinski definition) is 2. The van der Waals surface area contributed by atoms with Crippen molar-refractivity contribution in [2.75, 3.05) is 5.73 Å². The molecule has 1 aromatic rings. The smallest absolute Gasteiger partial charge is 0.251 e. The highest BCUT2D eigenvalue weighted by Gasteiger charge is 2.24. The number of hydrogen-bond acceptors (Lipinski definition) is 2. The second kappa shape index (κ2) is 4.16. The first-order valence-electron chi connectivity index (χ1n) is 5.78. The number of nitrogens with one attached hydrogen (secondary N) is 1. The van der Waals surface area contributed by atoms with Crippen LogP contribution in [0.15, 0.2) is 18.2 Å². The average Bonchev–Trinajstić information content (AvgIpc) is 3.01. The van der Waals surface area contributed by atoms with Gasteiger partial charge in [-0.1, -0.05) is 13.8 Å². The normalized spacial score (nSPS) is 15.2. The molecule has 0 spiro atoms. The maximum atomic E-state index is 11.8. The summed E-state index contributed by atoms with van der Waals surface area (Å²) in [6, 6.07) is 5.90. The van der Waals surface area contributed by atoms with Crippen molar-refractivity contribution in [3.8, 4) is 0 Å². The highest BCUT2D eigenvalue weighted by atomic mass is 16.1. The number of carbonyl (C=O) groups is 1. The second-order valence-electron chi connectivity index (χ2n) is 4.75. The third-order valence-electron chi connectivity index (χ3n) is 2.88. The highest BCUT2D eigenvalue weighted by Crippen LogP contribution is 2.24. The van der Waals surface area contributed by atoms with E-state index in [0.29, 0.717) is 17.5 Å². The fraction of sp³-hybridized carbons (Fsp3) is 0.462. The third-order valence-corrected chi connectivity index (χ3v) is 2.88. The third kappa shape index (κ3) is 2.35. The molecule has 3 heteroatoms. The standard InChI is InChI=1S/C13H18N2O/c1-8(2)11-7-9(3-6-12(11)14)13(16)15-10-4-5-10/h3,6-8,10H,4-5,14H2,1-2H3,(H,15,16). The number of carbonyl (C=O) groups excluding carboxylic acids is 1. The monoisotopic (exact) mass is 218 g/mol. The summed E-state index contributed by atoms with van der Waals surface area (Å²) in [5.74, 6) is 0.359. The molecule has 0 bridgehead atoms. The molecular formula is C13H18N2O. The van der Waals surface area contributed by atoms with Gasteiger partial charge in [0.1, 0.15) is 0 Å². The van der Waals surface area contributed by atoms with Crippen LogP contribution in [0.25, 0.3) is 0 Å². The molecule has 0 radical (unpaired) electrons. The minimum atomic E-state index is 0.0180. The van der Waals surface area contributed by atoms with Crippen molar-refractivity contribution in [3.05, 3.63) is 29.3 Å². The second-order valence-corrected chi connectivity index (χ2v) is 4.75. The predicted octanol–water partition coefficient (Wildman–Crippen LogP) is 2.28. The Hall–Kier alpha value is -1.51. The van der Waals surface area contributed by atoms with Crippen LogP contribution in [0.5, 0.6) is 0 Å². The molecule has 0 heterocycles. The lowest BCUT2D eigenvalue weighted by molar-refractivity contribution is 0.0951. The van der Waals surface area contributed by atoms with E-state index in [2.05, 4.69) is 19.2 Å². The summed E-state index contributed by atoms with van der Waals surface area (Å²) in [5.41, 5.74) is 8.39. The Labute approximate surface area is 96.0 Å².